The van der Waals surface area contributed by atoms with Crippen molar-refractivity contribution in [2.75, 3.05) is 18.4 Å². The average Bonchev–Trinajstić information content (AvgIpc) is 3.45. The molecule has 1 saturated heterocycles. The van der Waals surface area contributed by atoms with E-state index in [-0.39, 0.29) is 17.3 Å². The van der Waals surface area contributed by atoms with Crippen LogP contribution in [-0.2, 0) is 0 Å². The molecule has 0 unspecified atom stereocenters. The molecule has 0 bridgehead atoms. The lowest BCUT2D eigenvalue weighted by molar-refractivity contribution is 0.222. The largest absolute Gasteiger partial charge is 0.508 e. The van der Waals surface area contributed by atoms with Gasteiger partial charge >= 0.3 is 6.03 Å². The van der Waals surface area contributed by atoms with Crippen molar-refractivity contribution in [2.24, 2.45) is 0 Å². The third-order valence-electron chi connectivity index (χ3n) is 5.24. The van der Waals surface area contributed by atoms with Crippen molar-refractivity contribution in [1.82, 2.24) is 24.5 Å². The van der Waals surface area contributed by atoms with Gasteiger partial charge in [-0.15, -0.1) is 0 Å². The highest BCUT2D eigenvalue weighted by Crippen LogP contribution is 2.26. The molecule has 3 heterocycles. The lowest BCUT2D eigenvalue weighted by Gasteiger charge is -2.16. The predicted octanol–water partition coefficient (Wildman–Crippen LogP) is 3.93. The molecule has 9 heteroatoms. The number of nitrogens with zero attached hydrogens (tertiary/aromatic N) is 5. The Balaban J connectivity index is 1.45. The Bertz CT molecular complexity index is 1260. The van der Waals surface area contributed by atoms with Crippen LogP contribution in [0.1, 0.15) is 12.8 Å². The first-order valence-electron chi connectivity index (χ1n) is 9.94. The molecule has 1 aliphatic rings. The number of amides is 2. The number of aromatic hydroxyl groups is 1. The van der Waals surface area contributed by atoms with E-state index in [1.165, 1.54) is 16.6 Å². The zero-order chi connectivity index (χ0) is 21.4. The second-order valence-electron chi connectivity index (χ2n) is 7.38. The van der Waals surface area contributed by atoms with Crippen LogP contribution in [0.25, 0.3) is 28.3 Å². The molecule has 2 amide bonds. The van der Waals surface area contributed by atoms with Gasteiger partial charge in [0.2, 0.25) is 0 Å². The lowest BCUT2D eigenvalue weighted by Crippen LogP contribution is -2.32. The van der Waals surface area contributed by atoms with Crippen molar-refractivity contribution in [3.63, 3.8) is 0 Å². The minimum absolute atomic E-state index is 0.162. The van der Waals surface area contributed by atoms with Crippen LogP contribution in [0, 0.1) is 5.82 Å². The Kier molecular flexibility index (Phi) is 4.70. The molecule has 156 valence electrons. The normalized spacial score (nSPS) is 13.6. The predicted molar refractivity (Wildman–Crippen MR) is 113 cm³/mol. The van der Waals surface area contributed by atoms with E-state index in [0.29, 0.717) is 22.9 Å². The van der Waals surface area contributed by atoms with Gasteiger partial charge in [-0.1, -0.05) is 0 Å². The zero-order valence-corrected chi connectivity index (χ0v) is 16.5. The smallest absolute Gasteiger partial charge is 0.321 e. The number of halogens is 1. The number of urea groups is 1. The topological polar surface area (TPSA) is 95.7 Å². The Hall–Kier alpha value is -4.01. The number of carbonyl (C=O) groups excluding carboxylic acids is 1. The fraction of sp³-hybridized carbons (Fsp3) is 0.182. The number of anilines is 1. The summed E-state index contributed by atoms with van der Waals surface area (Å²) in [4.78, 5) is 22.8. The van der Waals surface area contributed by atoms with Gasteiger partial charge in [0.25, 0.3) is 5.78 Å². The number of phenolic OH excluding ortho intramolecular Hbond substituents is 1. The Morgan fingerprint density at radius 3 is 2.61 bits per heavy atom. The standard InChI is InChI=1S/C22H19FN6O2/c23-18-8-5-15(25-22(31)28-9-1-2-10-28)11-17(18)20-13-29-21(26-20)24-12-19(27-29)14-3-6-16(30)7-4-14/h3-8,11-13,30H,1-2,9-10H2,(H,25,31). The maximum Gasteiger partial charge on any atom is 0.321 e. The molecule has 8 nitrogen and oxygen atoms in total. The quantitative estimate of drug-likeness (QED) is 0.526. The van der Waals surface area contributed by atoms with Crippen LogP contribution >= 0.6 is 0 Å². The van der Waals surface area contributed by atoms with Crippen LogP contribution in [0.2, 0.25) is 0 Å². The van der Waals surface area contributed by atoms with E-state index in [0.717, 1.165) is 31.5 Å². The van der Waals surface area contributed by atoms with Crippen molar-refractivity contribution < 1.29 is 14.3 Å². The van der Waals surface area contributed by atoms with Gasteiger partial charge in [-0.2, -0.15) is 5.10 Å². The number of aromatic nitrogens is 4. The fourth-order valence-electron chi connectivity index (χ4n) is 3.60. The van der Waals surface area contributed by atoms with Crippen molar-refractivity contribution >= 4 is 17.5 Å². The second-order valence-corrected chi connectivity index (χ2v) is 7.38. The molecule has 0 radical (unpaired) electrons. The lowest BCUT2D eigenvalue weighted by atomic mass is 10.1. The number of carbonyl (C=O) groups is 1. The van der Waals surface area contributed by atoms with E-state index >= 15 is 0 Å². The minimum atomic E-state index is -0.457. The first kappa shape index (κ1) is 19.0. The van der Waals surface area contributed by atoms with E-state index in [1.54, 1.807) is 47.6 Å². The van der Waals surface area contributed by atoms with Crippen LogP contribution in [0.4, 0.5) is 14.9 Å². The molecule has 2 aromatic carbocycles. The van der Waals surface area contributed by atoms with Gasteiger partial charge in [0, 0.05) is 29.9 Å². The Morgan fingerprint density at radius 2 is 1.84 bits per heavy atom. The first-order chi connectivity index (χ1) is 15.1. The molecule has 2 aromatic heterocycles. The molecule has 0 aliphatic carbocycles. The average molecular weight is 418 g/mol. The Morgan fingerprint density at radius 1 is 1.06 bits per heavy atom. The van der Waals surface area contributed by atoms with Gasteiger partial charge < -0.3 is 15.3 Å². The van der Waals surface area contributed by atoms with Crippen molar-refractivity contribution in [1.29, 1.82) is 0 Å². The number of hydrogen-bond acceptors (Lipinski definition) is 5. The van der Waals surface area contributed by atoms with Crippen molar-refractivity contribution in [3.05, 3.63) is 60.7 Å². The van der Waals surface area contributed by atoms with Gasteiger partial charge in [0.05, 0.1) is 18.1 Å². The maximum absolute atomic E-state index is 14.6. The van der Waals surface area contributed by atoms with Gasteiger partial charge in [-0.3, -0.25) is 0 Å². The number of benzene rings is 2. The number of likely N-dealkylation sites (tertiary alicyclic amines) is 1. The second kappa shape index (κ2) is 7.67. The minimum Gasteiger partial charge on any atom is -0.508 e. The number of nitrogens with one attached hydrogen (secondary N) is 1. The van der Waals surface area contributed by atoms with Gasteiger partial charge in [-0.05, 0) is 55.3 Å². The summed E-state index contributed by atoms with van der Waals surface area (Å²) in [6.45, 7) is 1.46. The highest BCUT2D eigenvalue weighted by molar-refractivity contribution is 5.90. The molecular weight excluding hydrogens is 399 g/mol. The van der Waals surface area contributed by atoms with Crippen LogP contribution in [0.15, 0.2) is 54.9 Å². The first-order valence-corrected chi connectivity index (χ1v) is 9.94. The number of rotatable bonds is 3. The van der Waals surface area contributed by atoms with E-state index in [2.05, 4.69) is 20.4 Å². The van der Waals surface area contributed by atoms with Crippen molar-refractivity contribution in [3.8, 4) is 28.3 Å². The molecule has 0 saturated carbocycles. The summed E-state index contributed by atoms with van der Waals surface area (Å²) in [5, 5.41) is 16.8. The van der Waals surface area contributed by atoms with Gasteiger partial charge in [0.15, 0.2) is 0 Å². The molecule has 1 aliphatic heterocycles. The SMILES string of the molecule is O=C(Nc1ccc(F)c(-c2cn3nc(-c4ccc(O)cc4)cnc3n2)c1)N1CCCC1. The fourth-order valence-corrected chi connectivity index (χ4v) is 3.60. The zero-order valence-electron chi connectivity index (χ0n) is 16.5. The van der Waals surface area contributed by atoms with E-state index in [1.807, 2.05) is 0 Å². The summed E-state index contributed by atoms with van der Waals surface area (Å²) in [6, 6.07) is 10.8. The van der Waals surface area contributed by atoms with Crippen LogP contribution in [0.5, 0.6) is 5.75 Å². The van der Waals surface area contributed by atoms with Crippen LogP contribution in [-0.4, -0.2) is 48.7 Å². The van der Waals surface area contributed by atoms with E-state index in [9.17, 15) is 14.3 Å². The van der Waals surface area contributed by atoms with Crippen molar-refractivity contribution in [2.45, 2.75) is 12.8 Å². The molecule has 5 rings (SSSR count). The molecule has 2 N–H and O–H groups in total. The van der Waals surface area contributed by atoms with Crippen LogP contribution in [0.3, 0.4) is 0 Å². The summed E-state index contributed by atoms with van der Waals surface area (Å²) in [7, 11) is 0. The van der Waals surface area contributed by atoms with Crippen LogP contribution < -0.4 is 5.32 Å². The number of phenols is 1. The summed E-state index contributed by atoms with van der Waals surface area (Å²) in [5.41, 5.74) is 2.47. The Labute approximate surface area is 177 Å². The third kappa shape index (κ3) is 3.77. The molecular formula is C22H19FN6O2. The molecule has 31 heavy (non-hydrogen) atoms. The highest BCUT2D eigenvalue weighted by atomic mass is 19.1. The number of hydrogen-bond donors (Lipinski definition) is 2. The van der Waals surface area contributed by atoms with Gasteiger partial charge in [-0.25, -0.2) is 23.7 Å². The van der Waals surface area contributed by atoms with Gasteiger partial charge in [0.1, 0.15) is 17.3 Å². The maximum atomic E-state index is 14.6. The summed E-state index contributed by atoms with van der Waals surface area (Å²) >= 11 is 0. The highest BCUT2D eigenvalue weighted by Gasteiger charge is 2.19. The summed E-state index contributed by atoms with van der Waals surface area (Å²) < 4.78 is 16.0. The third-order valence-corrected chi connectivity index (χ3v) is 5.24. The molecule has 0 atom stereocenters. The van der Waals surface area contributed by atoms with E-state index in [4.69, 9.17) is 0 Å². The van der Waals surface area contributed by atoms with E-state index < -0.39 is 5.82 Å². The molecule has 4 aromatic rings. The monoisotopic (exact) mass is 418 g/mol. The molecule has 0 spiro atoms. The molecule has 1 fully saturated rings. The summed E-state index contributed by atoms with van der Waals surface area (Å²) in [6.07, 6.45) is 5.16. The number of fused-ring (bicyclic) bond motifs is 1. The number of imidazole rings is 1. The summed E-state index contributed by atoms with van der Waals surface area (Å²) in [5.74, 6) is 0.0275.